The maximum Gasteiger partial charge on any atom is 0.311 e. The van der Waals surface area contributed by atoms with Gasteiger partial charge >= 0.3 is 5.97 Å². The summed E-state index contributed by atoms with van der Waals surface area (Å²) in [6, 6.07) is 15.1. The summed E-state index contributed by atoms with van der Waals surface area (Å²) in [6.07, 6.45) is 2.47. The van der Waals surface area contributed by atoms with Crippen LogP contribution in [0.2, 0.25) is 0 Å². The summed E-state index contributed by atoms with van der Waals surface area (Å²) >= 11 is 1.56. The van der Waals surface area contributed by atoms with Gasteiger partial charge in [-0.2, -0.15) is 0 Å². The molecule has 0 bridgehead atoms. The molecule has 1 unspecified atom stereocenters. The number of nitrogens with zero attached hydrogens (tertiary/aromatic N) is 1. The van der Waals surface area contributed by atoms with Gasteiger partial charge in [0.2, 0.25) is 0 Å². The Kier molecular flexibility index (Phi) is 6.65. The van der Waals surface area contributed by atoms with Crippen LogP contribution in [0.5, 0.6) is 5.75 Å². The number of carbonyl (C=O) groups is 1. The molecule has 1 aliphatic heterocycles. The molecular weight excluding hydrogens is 436 g/mol. The predicted molar refractivity (Wildman–Crippen MR) is 132 cm³/mol. The molecule has 33 heavy (non-hydrogen) atoms. The topological polar surface area (TPSA) is 123 Å². The van der Waals surface area contributed by atoms with Gasteiger partial charge in [0.05, 0.1) is 17.8 Å². The van der Waals surface area contributed by atoms with E-state index < -0.39 is 11.9 Å². The van der Waals surface area contributed by atoms with Crippen molar-refractivity contribution in [2.75, 3.05) is 13.2 Å². The smallest absolute Gasteiger partial charge is 0.311 e. The third-order valence-electron chi connectivity index (χ3n) is 6.11. The highest BCUT2D eigenvalue weighted by Gasteiger charge is 2.26. The Morgan fingerprint density at radius 2 is 2.00 bits per heavy atom. The molecule has 1 saturated heterocycles. The number of benzene rings is 2. The van der Waals surface area contributed by atoms with Gasteiger partial charge in [0.15, 0.2) is 0 Å². The molecule has 5 N–H and O–H groups in total. The van der Waals surface area contributed by atoms with E-state index in [2.05, 4.69) is 4.90 Å². The minimum atomic E-state index is -0.867. The first-order valence-electron chi connectivity index (χ1n) is 11.0. The largest absolute Gasteiger partial charge is 0.491 e. The summed E-state index contributed by atoms with van der Waals surface area (Å²) in [7, 11) is 0. The Bertz CT molecular complexity index is 1190. The van der Waals surface area contributed by atoms with Gasteiger partial charge in [-0.25, -0.2) is 0 Å². The first-order chi connectivity index (χ1) is 15.8. The lowest BCUT2D eigenvalue weighted by atomic mass is 9.95. The van der Waals surface area contributed by atoms with E-state index in [-0.39, 0.29) is 11.9 Å². The van der Waals surface area contributed by atoms with E-state index in [1.165, 1.54) is 0 Å². The number of hydrogen-bond acceptors (Lipinski definition) is 5. The zero-order chi connectivity index (χ0) is 23.5. The molecule has 1 aliphatic rings. The van der Waals surface area contributed by atoms with E-state index in [0.29, 0.717) is 30.2 Å². The molecule has 0 amide bonds. The molecule has 172 valence electrons. The van der Waals surface area contributed by atoms with Crippen molar-refractivity contribution < 1.29 is 14.6 Å². The fraction of sp³-hybridized carbons (Fsp3) is 0.320. The average Bonchev–Trinajstić information content (AvgIpc) is 3.42. The van der Waals surface area contributed by atoms with Gasteiger partial charge in [0.25, 0.3) is 0 Å². The van der Waals surface area contributed by atoms with Crippen LogP contribution in [-0.4, -0.2) is 46.8 Å². The molecule has 0 spiro atoms. The first-order valence-corrected chi connectivity index (χ1v) is 11.8. The number of carboxylic acids is 1. The van der Waals surface area contributed by atoms with Gasteiger partial charge in [0, 0.05) is 21.7 Å². The fourth-order valence-electron chi connectivity index (χ4n) is 4.35. The fourth-order valence-corrected chi connectivity index (χ4v) is 5.44. The number of rotatable bonds is 8. The van der Waals surface area contributed by atoms with Crippen LogP contribution in [0.1, 0.15) is 41.7 Å². The molecule has 2 atom stereocenters. The van der Waals surface area contributed by atoms with Crippen molar-refractivity contribution in [3.63, 3.8) is 0 Å². The van der Waals surface area contributed by atoms with Crippen molar-refractivity contribution in [2.45, 2.75) is 38.1 Å². The van der Waals surface area contributed by atoms with Crippen LogP contribution in [0.25, 0.3) is 10.1 Å². The van der Waals surface area contributed by atoms with E-state index >= 15 is 0 Å². The lowest BCUT2D eigenvalue weighted by Gasteiger charge is -2.25. The van der Waals surface area contributed by atoms with E-state index in [1.807, 2.05) is 48.5 Å². The summed E-state index contributed by atoms with van der Waals surface area (Å²) in [5.41, 5.74) is 6.98. The Labute approximate surface area is 196 Å². The molecule has 3 aromatic rings. The highest BCUT2D eigenvalue weighted by atomic mass is 32.1. The summed E-state index contributed by atoms with van der Waals surface area (Å²) in [5, 5.41) is 26.3. The number of ether oxygens (including phenoxy) is 1. The molecular formula is C25H28N4O3S. The van der Waals surface area contributed by atoms with Gasteiger partial charge < -0.3 is 20.5 Å². The standard InChI is InChI=1S/C25H28N4O3S/c1-15(26)29-10-2-3-19(29)14-32-20-7-4-16(5-8-20)22(25(30)31)13-21-12-18-11-17(24(27)28)6-9-23(18)33-21/h4-9,11-12,19,22,26H,2-3,10,13-14H2,1H3,(H3,27,28)(H,30,31)/t19-,22?/m1/s1. The maximum atomic E-state index is 12.1. The van der Waals surface area contributed by atoms with Crippen LogP contribution in [0.3, 0.4) is 0 Å². The molecule has 8 heteroatoms. The van der Waals surface area contributed by atoms with Crippen LogP contribution in [0.15, 0.2) is 48.5 Å². The summed E-state index contributed by atoms with van der Waals surface area (Å²) in [6.45, 7) is 3.22. The normalized spacial score (nSPS) is 16.6. The van der Waals surface area contributed by atoms with Crippen molar-refractivity contribution in [3.8, 4) is 5.75 Å². The minimum absolute atomic E-state index is 0.0176. The van der Waals surface area contributed by atoms with Crippen LogP contribution in [0, 0.1) is 10.8 Å². The maximum absolute atomic E-state index is 12.1. The van der Waals surface area contributed by atoms with Gasteiger partial charge in [-0.05, 0) is 73.5 Å². The van der Waals surface area contributed by atoms with E-state index in [9.17, 15) is 9.90 Å². The second-order valence-corrected chi connectivity index (χ2v) is 9.60. The van der Waals surface area contributed by atoms with Crippen molar-refractivity contribution in [1.29, 1.82) is 10.8 Å². The summed E-state index contributed by atoms with van der Waals surface area (Å²) in [5.74, 6) is -0.238. The lowest BCUT2D eigenvalue weighted by Crippen LogP contribution is -2.37. The monoisotopic (exact) mass is 464 g/mol. The summed E-state index contributed by atoms with van der Waals surface area (Å²) < 4.78 is 6.99. The van der Waals surface area contributed by atoms with Gasteiger partial charge in [-0.15, -0.1) is 11.3 Å². The minimum Gasteiger partial charge on any atom is -0.491 e. The zero-order valence-corrected chi connectivity index (χ0v) is 19.3. The van der Waals surface area contributed by atoms with Crippen molar-refractivity contribution >= 4 is 39.1 Å². The van der Waals surface area contributed by atoms with Crippen LogP contribution in [-0.2, 0) is 11.2 Å². The van der Waals surface area contributed by atoms with Crippen molar-refractivity contribution in [3.05, 3.63) is 64.5 Å². The third-order valence-corrected chi connectivity index (χ3v) is 7.25. The van der Waals surface area contributed by atoms with E-state index in [0.717, 1.165) is 39.9 Å². The van der Waals surface area contributed by atoms with Crippen molar-refractivity contribution in [1.82, 2.24) is 4.90 Å². The molecule has 0 radical (unpaired) electrons. The first kappa shape index (κ1) is 22.8. The predicted octanol–water partition coefficient (Wildman–Crippen LogP) is 4.44. The van der Waals surface area contributed by atoms with Gasteiger partial charge in [-0.3, -0.25) is 15.6 Å². The second-order valence-electron chi connectivity index (χ2n) is 8.43. The zero-order valence-electron chi connectivity index (χ0n) is 18.5. The lowest BCUT2D eigenvalue weighted by molar-refractivity contribution is -0.138. The van der Waals surface area contributed by atoms with Crippen LogP contribution < -0.4 is 10.5 Å². The van der Waals surface area contributed by atoms with E-state index in [4.69, 9.17) is 21.3 Å². The molecule has 0 saturated carbocycles. The SMILES string of the molecule is CC(=N)N1CCC[C@@H]1COc1ccc(C(Cc2cc3cc(C(=N)N)ccc3s2)C(=O)O)cc1. The van der Waals surface area contributed by atoms with Crippen LogP contribution >= 0.6 is 11.3 Å². The van der Waals surface area contributed by atoms with Crippen LogP contribution in [0.4, 0.5) is 0 Å². The summed E-state index contributed by atoms with van der Waals surface area (Å²) in [4.78, 5) is 15.1. The van der Waals surface area contributed by atoms with Gasteiger partial charge in [-0.1, -0.05) is 12.1 Å². The number of nitrogens with two attached hydrogens (primary N) is 1. The quantitative estimate of drug-likeness (QED) is 0.290. The number of carboxylic acid groups (broad SMARTS) is 1. The molecule has 0 aliphatic carbocycles. The number of nitrogens with one attached hydrogen (secondary N) is 2. The molecule has 7 nitrogen and oxygen atoms in total. The Balaban J connectivity index is 1.45. The number of hydrogen-bond donors (Lipinski definition) is 4. The average molecular weight is 465 g/mol. The number of nitrogen functional groups attached to an aromatic ring is 1. The molecule has 1 aromatic heterocycles. The van der Waals surface area contributed by atoms with Crippen molar-refractivity contribution in [2.24, 2.45) is 5.73 Å². The van der Waals surface area contributed by atoms with E-state index in [1.54, 1.807) is 18.3 Å². The Hall–Kier alpha value is -3.39. The molecule has 4 rings (SSSR count). The number of fused-ring (bicyclic) bond motifs is 1. The number of amidine groups is 2. The Morgan fingerprint density at radius 1 is 1.24 bits per heavy atom. The second kappa shape index (κ2) is 9.62. The van der Waals surface area contributed by atoms with Gasteiger partial charge in [0.1, 0.15) is 18.2 Å². The number of aliphatic carboxylic acids is 1. The highest BCUT2D eigenvalue weighted by molar-refractivity contribution is 7.19. The molecule has 1 fully saturated rings. The third kappa shape index (κ3) is 5.17. The number of thiophene rings is 1. The highest BCUT2D eigenvalue weighted by Crippen LogP contribution is 2.32. The number of likely N-dealkylation sites (tertiary alicyclic amines) is 1. The molecule has 2 heterocycles. The Morgan fingerprint density at radius 3 is 2.67 bits per heavy atom. The molecule has 2 aromatic carbocycles.